The van der Waals surface area contributed by atoms with Gasteiger partial charge in [-0.2, -0.15) is 11.3 Å². The molecule has 0 aliphatic heterocycles. The Labute approximate surface area is 167 Å². The number of hydrogen-bond acceptors (Lipinski definition) is 5. The lowest BCUT2D eigenvalue weighted by atomic mass is 9.93. The first-order valence-corrected chi connectivity index (χ1v) is 11.3. The molecule has 0 aromatic carbocycles. The molecule has 0 bridgehead atoms. The van der Waals surface area contributed by atoms with E-state index < -0.39 is 5.63 Å². The van der Waals surface area contributed by atoms with Gasteiger partial charge in [0.2, 0.25) is 0 Å². The predicted molar refractivity (Wildman–Crippen MR) is 111 cm³/mol. The summed E-state index contributed by atoms with van der Waals surface area (Å²) in [6.45, 7) is 2.16. The van der Waals surface area contributed by atoms with Gasteiger partial charge in [0.1, 0.15) is 11.5 Å². The fourth-order valence-corrected chi connectivity index (χ4v) is 5.47. The quantitative estimate of drug-likeness (QED) is 0.537. The van der Waals surface area contributed by atoms with Crippen LogP contribution >= 0.6 is 22.7 Å². The number of aromatic hydroxyl groups is 1. The van der Waals surface area contributed by atoms with Crippen molar-refractivity contribution >= 4 is 22.7 Å². The Balaban J connectivity index is 1.49. The molecule has 0 atom stereocenters. The highest BCUT2D eigenvalue weighted by Crippen LogP contribution is 2.51. The summed E-state index contributed by atoms with van der Waals surface area (Å²) >= 11 is 3.42. The van der Waals surface area contributed by atoms with E-state index in [0.29, 0.717) is 24.2 Å². The first kappa shape index (κ1) is 18.5. The molecule has 1 aliphatic rings. The molecule has 1 N–H and O–H groups in total. The van der Waals surface area contributed by atoms with E-state index in [2.05, 4.69) is 29.8 Å². The monoisotopic (exact) mass is 400 g/mol. The lowest BCUT2D eigenvalue weighted by Crippen LogP contribution is -2.13. The number of aryl methyl sites for hydroxylation is 1. The van der Waals surface area contributed by atoms with Crippen LogP contribution in [0.1, 0.15) is 52.8 Å². The smallest absolute Gasteiger partial charge is 0.343 e. The molecule has 4 rings (SSSR count). The predicted octanol–water partition coefficient (Wildman–Crippen LogP) is 5.58. The van der Waals surface area contributed by atoms with Gasteiger partial charge in [0.15, 0.2) is 0 Å². The van der Waals surface area contributed by atoms with Crippen LogP contribution in [0.3, 0.4) is 0 Å². The zero-order valence-corrected chi connectivity index (χ0v) is 17.1. The van der Waals surface area contributed by atoms with E-state index in [1.165, 1.54) is 10.4 Å². The number of hydrogen-bond donors (Lipinski definition) is 1. The Morgan fingerprint density at radius 1 is 1.19 bits per heavy atom. The molecule has 3 aromatic rings. The van der Waals surface area contributed by atoms with E-state index in [-0.39, 0.29) is 11.2 Å². The minimum absolute atomic E-state index is 0.0676. The fraction of sp³-hybridized carbons (Fsp3) is 0.409. The largest absolute Gasteiger partial charge is 0.507 e. The topological polar surface area (TPSA) is 50.4 Å². The van der Waals surface area contributed by atoms with E-state index in [1.807, 2.05) is 6.07 Å². The highest BCUT2D eigenvalue weighted by molar-refractivity contribution is 7.12. The molecule has 0 unspecified atom stereocenters. The number of rotatable bonds is 8. The van der Waals surface area contributed by atoms with Crippen LogP contribution in [0.2, 0.25) is 0 Å². The van der Waals surface area contributed by atoms with Gasteiger partial charge in [0, 0.05) is 28.7 Å². The van der Waals surface area contributed by atoms with Crippen molar-refractivity contribution in [2.45, 2.75) is 51.9 Å². The van der Waals surface area contributed by atoms with Crippen molar-refractivity contribution in [3.63, 3.8) is 0 Å². The summed E-state index contributed by atoms with van der Waals surface area (Å²) in [5.41, 5.74) is 1.50. The van der Waals surface area contributed by atoms with E-state index in [0.717, 1.165) is 37.0 Å². The maximum Gasteiger partial charge on any atom is 0.343 e. The van der Waals surface area contributed by atoms with Gasteiger partial charge in [-0.25, -0.2) is 4.79 Å². The van der Waals surface area contributed by atoms with Crippen molar-refractivity contribution in [2.75, 3.05) is 0 Å². The summed E-state index contributed by atoms with van der Waals surface area (Å²) < 4.78 is 5.60. The van der Waals surface area contributed by atoms with Crippen LogP contribution in [0.25, 0.3) is 0 Å². The van der Waals surface area contributed by atoms with Crippen molar-refractivity contribution in [1.29, 1.82) is 0 Å². The second kappa shape index (κ2) is 7.64. The zero-order chi connectivity index (χ0) is 18.9. The molecule has 1 fully saturated rings. The van der Waals surface area contributed by atoms with Gasteiger partial charge in [-0.3, -0.25) is 0 Å². The van der Waals surface area contributed by atoms with Crippen LogP contribution in [0.5, 0.6) is 5.75 Å². The van der Waals surface area contributed by atoms with Crippen LogP contribution in [0.4, 0.5) is 0 Å². The maximum absolute atomic E-state index is 12.5. The maximum atomic E-state index is 12.5. The third kappa shape index (κ3) is 4.36. The molecule has 3 nitrogen and oxygen atoms in total. The summed E-state index contributed by atoms with van der Waals surface area (Å²) in [5.74, 6) is 0.671. The van der Waals surface area contributed by atoms with E-state index >= 15 is 0 Å². The second-order valence-corrected chi connectivity index (χ2v) is 9.68. The molecule has 142 valence electrons. The molecule has 1 saturated carbocycles. The minimum Gasteiger partial charge on any atom is -0.507 e. The second-order valence-electron chi connectivity index (χ2n) is 7.64. The molecule has 27 heavy (non-hydrogen) atoms. The van der Waals surface area contributed by atoms with Gasteiger partial charge in [-0.1, -0.05) is 13.3 Å². The molecule has 0 spiro atoms. The minimum atomic E-state index is -0.401. The molecular formula is C22H24O3S2. The molecule has 0 saturated heterocycles. The lowest BCUT2D eigenvalue weighted by molar-refractivity contribution is 0.377. The average molecular weight is 401 g/mol. The summed E-state index contributed by atoms with van der Waals surface area (Å²) in [7, 11) is 0. The van der Waals surface area contributed by atoms with Crippen molar-refractivity contribution in [3.8, 4) is 5.75 Å². The van der Waals surface area contributed by atoms with Gasteiger partial charge < -0.3 is 9.52 Å². The van der Waals surface area contributed by atoms with Crippen LogP contribution < -0.4 is 5.63 Å². The lowest BCUT2D eigenvalue weighted by Gasteiger charge is -2.14. The summed E-state index contributed by atoms with van der Waals surface area (Å²) in [4.78, 5) is 14.9. The molecule has 0 amide bonds. The Bertz CT molecular complexity index is 962. The van der Waals surface area contributed by atoms with Gasteiger partial charge >= 0.3 is 5.63 Å². The highest BCUT2D eigenvalue weighted by Gasteiger charge is 2.43. The van der Waals surface area contributed by atoms with Crippen LogP contribution in [-0.4, -0.2) is 5.11 Å². The Kier molecular flexibility index (Phi) is 5.24. The Morgan fingerprint density at radius 2 is 2.00 bits per heavy atom. The summed E-state index contributed by atoms with van der Waals surface area (Å²) in [6.07, 6.45) is 6.60. The van der Waals surface area contributed by atoms with Crippen molar-refractivity contribution in [1.82, 2.24) is 0 Å². The zero-order valence-electron chi connectivity index (χ0n) is 15.5. The van der Waals surface area contributed by atoms with Gasteiger partial charge in [0.05, 0.1) is 5.56 Å². The van der Waals surface area contributed by atoms with E-state index in [4.69, 9.17) is 4.42 Å². The first-order chi connectivity index (χ1) is 13.1. The standard InChI is InChI=1S/C22H24O3S2/c1-2-3-17-4-5-18(27-17)11-19-20(23)10-16(25-21(19)24)13-22(7-8-22)12-15-6-9-26-14-15/h4-6,9-10,14,23H,2-3,7-8,11-13H2,1H3. The summed E-state index contributed by atoms with van der Waals surface area (Å²) in [5, 5.41) is 14.7. The van der Waals surface area contributed by atoms with Crippen molar-refractivity contribution < 1.29 is 9.52 Å². The molecular weight excluding hydrogens is 376 g/mol. The SMILES string of the molecule is CCCc1ccc(Cc2c(O)cc(CC3(Cc4ccsc4)CC3)oc2=O)s1. The Hall–Kier alpha value is -1.85. The number of thiophene rings is 2. The average Bonchev–Trinajstić information content (AvgIpc) is 3.00. The van der Waals surface area contributed by atoms with Gasteiger partial charge in [0.25, 0.3) is 0 Å². The Morgan fingerprint density at radius 3 is 2.67 bits per heavy atom. The third-order valence-electron chi connectivity index (χ3n) is 5.31. The van der Waals surface area contributed by atoms with Crippen LogP contribution in [0, 0.1) is 5.41 Å². The van der Waals surface area contributed by atoms with Crippen LogP contribution in [-0.2, 0) is 25.7 Å². The first-order valence-electron chi connectivity index (χ1n) is 9.50. The van der Waals surface area contributed by atoms with Crippen molar-refractivity contribution in [2.24, 2.45) is 5.41 Å². The molecule has 3 aromatic heterocycles. The highest BCUT2D eigenvalue weighted by atomic mass is 32.1. The van der Waals surface area contributed by atoms with E-state index in [9.17, 15) is 9.90 Å². The van der Waals surface area contributed by atoms with Crippen LogP contribution in [0.15, 0.2) is 44.2 Å². The van der Waals surface area contributed by atoms with Gasteiger partial charge in [-0.15, -0.1) is 11.3 Å². The normalized spacial score (nSPS) is 15.1. The molecule has 1 aliphatic carbocycles. The third-order valence-corrected chi connectivity index (χ3v) is 7.18. The molecule has 3 heterocycles. The van der Waals surface area contributed by atoms with Crippen molar-refractivity contribution in [3.05, 3.63) is 72.1 Å². The van der Waals surface area contributed by atoms with Gasteiger partial charge in [-0.05, 0) is 65.6 Å². The molecule has 5 heteroatoms. The summed E-state index contributed by atoms with van der Waals surface area (Å²) in [6, 6.07) is 7.97. The van der Waals surface area contributed by atoms with E-state index in [1.54, 1.807) is 28.7 Å². The molecule has 0 radical (unpaired) electrons. The fourth-order valence-electron chi connectivity index (χ4n) is 3.67.